The van der Waals surface area contributed by atoms with Crippen LogP contribution in [0.2, 0.25) is 0 Å². The second-order valence-electron chi connectivity index (χ2n) is 5.89. The first-order chi connectivity index (χ1) is 12.6. The third-order valence-corrected chi connectivity index (χ3v) is 4.57. The second kappa shape index (κ2) is 8.01. The monoisotopic (exact) mass is 367 g/mol. The quantitative estimate of drug-likeness (QED) is 0.476. The molecule has 0 bridgehead atoms. The smallest absolute Gasteiger partial charge is 0.203 e. The Morgan fingerprint density at radius 3 is 2.85 bits per heavy atom. The fourth-order valence-corrected chi connectivity index (χ4v) is 3.25. The number of nitrogens with one attached hydrogen (secondary N) is 1. The molecule has 1 aromatic heterocycles. The first-order valence-corrected chi connectivity index (χ1v) is 9.23. The fourth-order valence-electron chi connectivity index (χ4n) is 2.59. The van der Waals surface area contributed by atoms with E-state index < -0.39 is 0 Å². The van der Waals surface area contributed by atoms with Gasteiger partial charge in [-0.1, -0.05) is 23.8 Å². The molecule has 0 radical (unpaired) electrons. The van der Waals surface area contributed by atoms with Gasteiger partial charge in [-0.2, -0.15) is 5.10 Å². The van der Waals surface area contributed by atoms with Crippen molar-refractivity contribution >= 4 is 22.7 Å². The number of hydrazone groups is 1. The van der Waals surface area contributed by atoms with Gasteiger partial charge >= 0.3 is 0 Å². The van der Waals surface area contributed by atoms with Crippen LogP contribution in [0.15, 0.2) is 46.9 Å². The van der Waals surface area contributed by atoms with Gasteiger partial charge in [-0.15, -0.1) is 11.3 Å². The van der Waals surface area contributed by atoms with Crippen molar-refractivity contribution in [1.29, 1.82) is 0 Å². The lowest BCUT2D eigenvalue weighted by molar-refractivity contribution is 0.318. The molecule has 134 valence electrons. The van der Waals surface area contributed by atoms with E-state index in [1.54, 1.807) is 24.4 Å². The van der Waals surface area contributed by atoms with Crippen LogP contribution in [0.3, 0.4) is 0 Å². The lowest BCUT2D eigenvalue weighted by Gasteiger charge is -2.05. The molecule has 2 aromatic carbocycles. The van der Waals surface area contributed by atoms with E-state index in [1.807, 2.05) is 12.3 Å². The molecule has 0 unspecified atom stereocenters. The van der Waals surface area contributed by atoms with Gasteiger partial charge in [0.25, 0.3) is 0 Å². The summed E-state index contributed by atoms with van der Waals surface area (Å²) in [7, 11) is 0. The van der Waals surface area contributed by atoms with Gasteiger partial charge in [0.1, 0.15) is 0 Å². The van der Waals surface area contributed by atoms with E-state index in [0.717, 1.165) is 22.0 Å². The largest absolute Gasteiger partial charge is 0.504 e. The zero-order valence-corrected chi connectivity index (χ0v) is 15.8. The molecule has 0 atom stereocenters. The highest BCUT2D eigenvalue weighted by Crippen LogP contribution is 2.28. The maximum atomic E-state index is 9.73. The summed E-state index contributed by atoms with van der Waals surface area (Å²) in [5.74, 6) is 0.567. The molecule has 0 aliphatic heterocycles. The van der Waals surface area contributed by atoms with Crippen molar-refractivity contribution < 1.29 is 9.84 Å². The number of phenols is 1. The van der Waals surface area contributed by atoms with E-state index in [4.69, 9.17) is 4.74 Å². The van der Waals surface area contributed by atoms with Gasteiger partial charge < -0.3 is 9.84 Å². The molecule has 0 amide bonds. The predicted octanol–water partition coefficient (Wildman–Crippen LogP) is 4.98. The Balaban J connectivity index is 1.70. The standard InChI is InChI=1S/C20H21N3O2S/c1-4-25-19-10-15(6-8-18(19)24)11-21-23-20-22-17(12-26-20)16-7-5-13(2)9-14(16)3/h5-12,24H,4H2,1-3H3,(H,22,23)/b21-11-. The molecule has 6 heteroatoms. The summed E-state index contributed by atoms with van der Waals surface area (Å²) >= 11 is 1.51. The Labute approximate surface area is 157 Å². The van der Waals surface area contributed by atoms with E-state index in [9.17, 15) is 5.11 Å². The van der Waals surface area contributed by atoms with Gasteiger partial charge in [0.15, 0.2) is 11.5 Å². The molecule has 0 aliphatic carbocycles. The van der Waals surface area contributed by atoms with E-state index in [0.29, 0.717) is 12.4 Å². The van der Waals surface area contributed by atoms with Crippen LogP contribution in [0, 0.1) is 13.8 Å². The van der Waals surface area contributed by atoms with Crippen LogP contribution in [0.4, 0.5) is 5.13 Å². The topological polar surface area (TPSA) is 66.7 Å². The first-order valence-electron chi connectivity index (χ1n) is 8.35. The summed E-state index contributed by atoms with van der Waals surface area (Å²) in [5.41, 5.74) is 8.29. The van der Waals surface area contributed by atoms with E-state index >= 15 is 0 Å². The van der Waals surface area contributed by atoms with Crippen LogP contribution in [-0.2, 0) is 0 Å². The summed E-state index contributed by atoms with van der Waals surface area (Å²) in [6.07, 6.45) is 1.67. The Hall–Kier alpha value is -2.86. The number of thiazole rings is 1. The second-order valence-corrected chi connectivity index (χ2v) is 6.74. The first kappa shape index (κ1) is 17.9. The van der Waals surface area contributed by atoms with Crippen molar-refractivity contribution in [1.82, 2.24) is 4.98 Å². The van der Waals surface area contributed by atoms with Gasteiger partial charge in [-0.25, -0.2) is 4.98 Å². The molecule has 0 aliphatic rings. The van der Waals surface area contributed by atoms with Gasteiger partial charge in [0, 0.05) is 10.9 Å². The average molecular weight is 367 g/mol. The summed E-state index contributed by atoms with van der Waals surface area (Å²) < 4.78 is 5.37. The normalized spacial score (nSPS) is 11.0. The summed E-state index contributed by atoms with van der Waals surface area (Å²) in [4.78, 5) is 4.59. The number of phenolic OH excluding ortho intramolecular Hbond substituents is 1. The minimum Gasteiger partial charge on any atom is -0.504 e. The predicted molar refractivity (Wildman–Crippen MR) is 108 cm³/mol. The Morgan fingerprint density at radius 2 is 2.08 bits per heavy atom. The summed E-state index contributed by atoms with van der Waals surface area (Å²) in [6.45, 7) is 6.54. The van der Waals surface area contributed by atoms with Crippen LogP contribution < -0.4 is 10.2 Å². The lowest BCUT2D eigenvalue weighted by Crippen LogP contribution is -1.94. The molecule has 0 fully saturated rings. The van der Waals surface area contributed by atoms with Gasteiger partial charge in [0.2, 0.25) is 5.13 Å². The van der Waals surface area contributed by atoms with Crippen molar-refractivity contribution in [2.45, 2.75) is 20.8 Å². The number of ether oxygens (including phenoxy) is 1. The van der Waals surface area contributed by atoms with E-state index in [-0.39, 0.29) is 5.75 Å². The molecule has 1 heterocycles. The number of rotatable bonds is 6. The van der Waals surface area contributed by atoms with Crippen LogP contribution in [0.5, 0.6) is 11.5 Å². The fraction of sp³-hybridized carbons (Fsp3) is 0.200. The number of aromatic hydroxyl groups is 1. The molecule has 3 aromatic rings. The minimum absolute atomic E-state index is 0.120. The van der Waals surface area contributed by atoms with E-state index in [1.165, 1.54) is 22.5 Å². The lowest BCUT2D eigenvalue weighted by atomic mass is 10.0. The molecule has 0 spiro atoms. The van der Waals surface area contributed by atoms with Crippen molar-refractivity contribution in [3.63, 3.8) is 0 Å². The Kier molecular flexibility index (Phi) is 5.53. The van der Waals surface area contributed by atoms with Gasteiger partial charge in [0.05, 0.1) is 18.5 Å². The zero-order valence-electron chi connectivity index (χ0n) is 15.0. The third-order valence-electron chi connectivity index (χ3n) is 3.82. The molecule has 3 rings (SSSR count). The van der Waals surface area contributed by atoms with Crippen molar-refractivity contribution in [2.75, 3.05) is 12.0 Å². The van der Waals surface area contributed by atoms with Gasteiger partial charge in [-0.3, -0.25) is 5.43 Å². The van der Waals surface area contributed by atoms with Crippen LogP contribution >= 0.6 is 11.3 Å². The molecule has 0 saturated heterocycles. The minimum atomic E-state index is 0.120. The number of benzene rings is 2. The van der Waals surface area contributed by atoms with Gasteiger partial charge in [-0.05, 0) is 50.1 Å². The molecular weight excluding hydrogens is 346 g/mol. The van der Waals surface area contributed by atoms with Crippen molar-refractivity contribution in [3.05, 3.63) is 58.5 Å². The van der Waals surface area contributed by atoms with Crippen LogP contribution in [0.1, 0.15) is 23.6 Å². The van der Waals surface area contributed by atoms with E-state index in [2.05, 4.69) is 47.6 Å². The molecule has 5 nitrogen and oxygen atoms in total. The number of hydrogen-bond acceptors (Lipinski definition) is 6. The molecule has 26 heavy (non-hydrogen) atoms. The number of nitrogens with zero attached hydrogens (tertiary/aromatic N) is 2. The summed E-state index contributed by atoms with van der Waals surface area (Å²) in [5, 5.41) is 16.7. The van der Waals surface area contributed by atoms with Crippen LogP contribution in [-0.4, -0.2) is 22.9 Å². The molecule has 0 saturated carbocycles. The maximum absolute atomic E-state index is 9.73. The highest BCUT2D eigenvalue weighted by atomic mass is 32.1. The maximum Gasteiger partial charge on any atom is 0.203 e. The van der Waals surface area contributed by atoms with Crippen molar-refractivity contribution in [3.8, 4) is 22.8 Å². The Bertz CT molecular complexity index is 935. The Morgan fingerprint density at radius 1 is 1.23 bits per heavy atom. The van der Waals surface area contributed by atoms with Crippen LogP contribution in [0.25, 0.3) is 11.3 Å². The number of hydrogen-bond donors (Lipinski definition) is 2. The molecule has 2 N–H and O–H groups in total. The summed E-state index contributed by atoms with van der Waals surface area (Å²) in [6, 6.07) is 11.4. The average Bonchev–Trinajstić information content (AvgIpc) is 3.06. The number of anilines is 1. The SMILES string of the molecule is CCOc1cc(/C=N\Nc2nc(-c3ccc(C)cc3C)cs2)ccc1O. The number of aryl methyl sites for hydroxylation is 2. The van der Waals surface area contributed by atoms with Crippen molar-refractivity contribution in [2.24, 2.45) is 5.10 Å². The highest BCUT2D eigenvalue weighted by Gasteiger charge is 2.07. The highest BCUT2D eigenvalue weighted by molar-refractivity contribution is 7.14. The molecular formula is C20H21N3O2S. The zero-order chi connectivity index (χ0) is 18.5. The number of aromatic nitrogens is 1. The third kappa shape index (κ3) is 4.21.